The molecule has 0 bridgehead atoms. The Kier molecular flexibility index (Phi) is 8.54. The van der Waals surface area contributed by atoms with E-state index in [9.17, 15) is 0 Å². The van der Waals surface area contributed by atoms with Crippen LogP contribution in [-0.4, -0.2) is 50.3 Å². The summed E-state index contributed by atoms with van der Waals surface area (Å²) in [7, 11) is 7.18. The van der Waals surface area contributed by atoms with Crippen LogP contribution < -0.4 is 14.8 Å². The maximum absolute atomic E-state index is 6.14. The summed E-state index contributed by atoms with van der Waals surface area (Å²) in [6.45, 7) is 3.31. The zero-order chi connectivity index (χ0) is 22.2. The topological polar surface area (TPSA) is 68.2 Å². The minimum Gasteiger partial charge on any atom is -0.493 e. The first-order valence-corrected chi connectivity index (χ1v) is 11.6. The molecule has 1 unspecified atom stereocenters. The zero-order valence-electron chi connectivity index (χ0n) is 19.2. The molecule has 2 aromatic rings. The van der Waals surface area contributed by atoms with Crippen LogP contribution in [0.3, 0.4) is 0 Å². The third-order valence-electron chi connectivity index (χ3n) is 5.52. The molecular formula is C23H34N4O3S. The molecule has 0 aliphatic heterocycles. The highest BCUT2D eigenvalue weighted by Crippen LogP contribution is 2.32. The molecule has 1 fully saturated rings. The van der Waals surface area contributed by atoms with Crippen molar-refractivity contribution in [2.24, 2.45) is 4.99 Å². The second kappa shape index (κ2) is 11.3. The molecule has 0 amide bonds. The molecule has 0 spiro atoms. The van der Waals surface area contributed by atoms with Gasteiger partial charge in [-0.15, -0.1) is 11.3 Å². The van der Waals surface area contributed by atoms with Crippen molar-refractivity contribution in [3.63, 3.8) is 0 Å². The number of guanidine groups is 1. The number of thiazole rings is 1. The van der Waals surface area contributed by atoms with Crippen LogP contribution >= 0.6 is 11.3 Å². The average molecular weight is 447 g/mol. The summed E-state index contributed by atoms with van der Waals surface area (Å²) in [6.07, 6.45) is 5.06. The lowest BCUT2D eigenvalue weighted by Crippen LogP contribution is -2.38. The van der Waals surface area contributed by atoms with Crippen LogP contribution in [0.1, 0.15) is 55.0 Å². The van der Waals surface area contributed by atoms with Gasteiger partial charge in [0.05, 0.1) is 25.5 Å². The van der Waals surface area contributed by atoms with E-state index in [1.807, 2.05) is 26.1 Å². The Balaban J connectivity index is 1.57. The highest BCUT2D eigenvalue weighted by molar-refractivity contribution is 7.09. The van der Waals surface area contributed by atoms with Crippen LogP contribution in [0.15, 0.2) is 28.6 Å². The maximum atomic E-state index is 6.14. The SMILES string of the molecule is CN=C(NCc1ccc(OC2CCCC2)c(OC)c1)N(C)Cc1csc(C(C)OC)n1. The highest BCUT2D eigenvalue weighted by Gasteiger charge is 2.19. The maximum Gasteiger partial charge on any atom is 0.194 e. The third-order valence-corrected chi connectivity index (χ3v) is 6.57. The first-order valence-electron chi connectivity index (χ1n) is 10.8. The van der Waals surface area contributed by atoms with Crippen molar-refractivity contribution in [2.75, 3.05) is 28.3 Å². The van der Waals surface area contributed by atoms with Crippen molar-refractivity contribution >= 4 is 17.3 Å². The molecule has 1 aliphatic carbocycles. The van der Waals surface area contributed by atoms with E-state index in [-0.39, 0.29) is 6.10 Å². The third kappa shape index (κ3) is 6.33. The molecule has 31 heavy (non-hydrogen) atoms. The second-order valence-corrected chi connectivity index (χ2v) is 8.71. The van der Waals surface area contributed by atoms with Gasteiger partial charge in [-0.1, -0.05) is 6.07 Å². The van der Waals surface area contributed by atoms with Crippen molar-refractivity contribution in [1.82, 2.24) is 15.2 Å². The van der Waals surface area contributed by atoms with E-state index in [2.05, 4.69) is 31.6 Å². The number of hydrogen-bond donors (Lipinski definition) is 1. The molecule has 1 aromatic carbocycles. The zero-order valence-corrected chi connectivity index (χ0v) is 20.0. The van der Waals surface area contributed by atoms with Gasteiger partial charge in [-0.05, 0) is 50.3 Å². The molecule has 1 heterocycles. The van der Waals surface area contributed by atoms with Gasteiger partial charge in [0.1, 0.15) is 11.1 Å². The minimum absolute atomic E-state index is 0.0112. The molecule has 1 saturated carbocycles. The number of methoxy groups -OCH3 is 2. The Morgan fingerprint density at radius 1 is 1.29 bits per heavy atom. The van der Waals surface area contributed by atoms with Crippen LogP contribution in [0, 0.1) is 0 Å². The molecule has 1 atom stereocenters. The Bertz CT molecular complexity index is 864. The van der Waals surface area contributed by atoms with Gasteiger partial charge in [0, 0.05) is 33.1 Å². The lowest BCUT2D eigenvalue weighted by atomic mass is 10.2. The predicted octanol–water partition coefficient (Wildman–Crippen LogP) is 4.39. The van der Waals surface area contributed by atoms with Gasteiger partial charge < -0.3 is 24.4 Å². The van der Waals surface area contributed by atoms with Gasteiger partial charge in [0.15, 0.2) is 17.5 Å². The van der Waals surface area contributed by atoms with Crippen LogP contribution in [0.25, 0.3) is 0 Å². The average Bonchev–Trinajstić information content (AvgIpc) is 3.46. The van der Waals surface area contributed by atoms with Gasteiger partial charge in [-0.25, -0.2) is 4.98 Å². The van der Waals surface area contributed by atoms with E-state index in [1.54, 1.807) is 32.6 Å². The van der Waals surface area contributed by atoms with E-state index >= 15 is 0 Å². The quantitative estimate of drug-likeness (QED) is 0.455. The van der Waals surface area contributed by atoms with Crippen molar-refractivity contribution < 1.29 is 14.2 Å². The molecule has 3 rings (SSSR count). The molecule has 1 aromatic heterocycles. The van der Waals surface area contributed by atoms with Gasteiger partial charge in [0.25, 0.3) is 0 Å². The number of nitrogens with zero attached hydrogens (tertiary/aromatic N) is 3. The van der Waals surface area contributed by atoms with E-state index < -0.39 is 0 Å². The first-order chi connectivity index (χ1) is 15.0. The normalized spacial score (nSPS) is 15.7. The molecule has 1 N–H and O–H groups in total. The summed E-state index contributed by atoms with van der Waals surface area (Å²) in [5.41, 5.74) is 2.11. The molecule has 1 aliphatic rings. The van der Waals surface area contributed by atoms with Crippen LogP contribution in [0.2, 0.25) is 0 Å². The summed E-state index contributed by atoms with van der Waals surface area (Å²) < 4.78 is 17.1. The van der Waals surface area contributed by atoms with E-state index in [1.165, 1.54) is 12.8 Å². The van der Waals surface area contributed by atoms with Crippen LogP contribution in [-0.2, 0) is 17.8 Å². The fourth-order valence-electron chi connectivity index (χ4n) is 3.67. The number of ether oxygens (including phenoxy) is 3. The molecule has 0 radical (unpaired) electrons. The Morgan fingerprint density at radius 2 is 2.06 bits per heavy atom. The number of aliphatic imine (C=N–C) groups is 1. The van der Waals surface area contributed by atoms with Crippen molar-refractivity contribution in [3.8, 4) is 11.5 Å². The van der Waals surface area contributed by atoms with E-state index in [0.29, 0.717) is 19.2 Å². The van der Waals surface area contributed by atoms with Crippen LogP contribution in [0.4, 0.5) is 0 Å². The number of benzene rings is 1. The monoisotopic (exact) mass is 446 g/mol. The lowest BCUT2D eigenvalue weighted by Gasteiger charge is -2.22. The van der Waals surface area contributed by atoms with Crippen molar-refractivity contribution in [2.45, 2.75) is 57.9 Å². The van der Waals surface area contributed by atoms with E-state index in [0.717, 1.165) is 46.6 Å². The summed E-state index contributed by atoms with van der Waals surface area (Å²) in [4.78, 5) is 11.1. The largest absolute Gasteiger partial charge is 0.493 e. The summed E-state index contributed by atoms with van der Waals surface area (Å²) >= 11 is 1.62. The number of nitrogens with one attached hydrogen (secondary N) is 1. The number of hydrogen-bond acceptors (Lipinski definition) is 6. The number of aromatic nitrogens is 1. The fourth-order valence-corrected chi connectivity index (χ4v) is 4.51. The van der Waals surface area contributed by atoms with Crippen molar-refractivity contribution in [1.29, 1.82) is 0 Å². The smallest absolute Gasteiger partial charge is 0.194 e. The molecule has 170 valence electrons. The standard InChI is InChI=1S/C23H34N4O3S/c1-16(28-4)22-26-18(15-31-22)14-27(3)23(24-2)25-13-17-10-11-20(21(12-17)29-5)30-19-8-6-7-9-19/h10-12,15-16,19H,6-9,13-14H2,1-5H3,(H,24,25). The highest BCUT2D eigenvalue weighted by atomic mass is 32.1. The lowest BCUT2D eigenvalue weighted by molar-refractivity contribution is 0.119. The molecule has 0 saturated heterocycles. The summed E-state index contributed by atoms with van der Waals surface area (Å²) in [5.74, 6) is 2.40. The Hall–Kier alpha value is -2.32. The number of rotatable bonds is 9. The van der Waals surface area contributed by atoms with Crippen molar-refractivity contribution in [3.05, 3.63) is 39.8 Å². The van der Waals surface area contributed by atoms with Crippen LogP contribution in [0.5, 0.6) is 11.5 Å². The van der Waals surface area contributed by atoms with Gasteiger partial charge in [0.2, 0.25) is 0 Å². The summed E-state index contributed by atoms with van der Waals surface area (Å²) in [5, 5.41) is 6.48. The Morgan fingerprint density at radius 3 is 2.74 bits per heavy atom. The first kappa shape index (κ1) is 23.3. The van der Waals surface area contributed by atoms with Gasteiger partial charge in [-0.2, -0.15) is 0 Å². The molecule has 7 nitrogen and oxygen atoms in total. The minimum atomic E-state index is 0.0112. The van der Waals surface area contributed by atoms with Gasteiger partial charge in [-0.3, -0.25) is 4.99 Å². The molecule has 8 heteroatoms. The summed E-state index contributed by atoms with van der Waals surface area (Å²) in [6, 6.07) is 6.11. The van der Waals surface area contributed by atoms with Gasteiger partial charge >= 0.3 is 0 Å². The Labute approximate surface area is 189 Å². The predicted molar refractivity (Wildman–Crippen MR) is 125 cm³/mol. The fraction of sp³-hybridized carbons (Fsp3) is 0.565. The van der Waals surface area contributed by atoms with E-state index in [4.69, 9.17) is 14.2 Å². The molecular weight excluding hydrogens is 412 g/mol. The second-order valence-electron chi connectivity index (χ2n) is 7.82.